The Hall–Kier alpha value is -1.34. The third-order valence-corrected chi connectivity index (χ3v) is 4.75. The molecule has 19 heavy (non-hydrogen) atoms. The highest BCUT2D eigenvalue weighted by molar-refractivity contribution is 7.90. The fourth-order valence-corrected chi connectivity index (χ4v) is 3.46. The molecule has 0 N–H and O–H groups in total. The average Bonchev–Trinajstić information content (AvgIpc) is 2.72. The number of benzene rings is 1. The van der Waals surface area contributed by atoms with Crippen LogP contribution in [0.5, 0.6) is 0 Å². The summed E-state index contributed by atoms with van der Waals surface area (Å²) in [5.74, 6) is -0.697. The quantitative estimate of drug-likeness (QED) is 0.778. The Bertz CT molecular complexity index is 582. The van der Waals surface area contributed by atoms with Crippen molar-refractivity contribution >= 4 is 23.6 Å². The van der Waals surface area contributed by atoms with Gasteiger partial charge in [-0.15, -0.1) is 0 Å². The van der Waals surface area contributed by atoms with E-state index in [2.05, 4.69) is 0 Å². The van der Waals surface area contributed by atoms with E-state index in [0.717, 1.165) is 17.4 Å². The molecule has 0 aliphatic carbocycles. The van der Waals surface area contributed by atoms with Gasteiger partial charge in [-0.25, -0.2) is 8.42 Å². The van der Waals surface area contributed by atoms with Crippen LogP contribution in [0.3, 0.4) is 0 Å². The first-order valence-corrected chi connectivity index (χ1v) is 7.42. The summed E-state index contributed by atoms with van der Waals surface area (Å²) in [6.45, 7) is 5.44. The Kier molecular flexibility index (Phi) is 3.69. The van der Waals surface area contributed by atoms with Gasteiger partial charge < -0.3 is 4.65 Å². The smallest absolute Gasteiger partial charge is 0.498 e. The van der Waals surface area contributed by atoms with Gasteiger partial charge in [-0.05, 0) is 25.0 Å². The van der Waals surface area contributed by atoms with Gasteiger partial charge in [0, 0.05) is 0 Å². The molecule has 1 aliphatic rings. The molecule has 2 rings (SSSR count). The van der Waals surface area contributed by atoms with Crippen molar-refractivity contribution in [1.29, 1.82) is 0 Å². The van der Waals surface area contributed by atoms with E-state index in [1.54, 1.807) is 26.0 Å². The Balaban J connectivity index is 2.39. The third-order valence-electron chi connectivity index (χ3n) is 3.02. The molecule has 0 spiro atoms. The summed E-state index contributed by atoms with van der Waals surface area (Å²) in [6, 6.07) is 5.69. The van der Waals surface area contributed by atoms with E-state index in [0.29, 0.717) is 0 Å². The first kappa shape index (κ1) is 14.1. The highest BCUT2D eigenvalue weighted by atomic mass is 32.2. The minimum Gasteiger partial charge on any atom is -0.520 e. The number of rotatable bonds is 3. The van der Waals surface area contributed by atoms with Crippen molar-refractivity contribution < 1.29 is 17.9 Å². The van der Waals surface area contributed by atoms with E-state index >= 15 is 0 Å². The van der Waals surface area contributed by atoms with Gasteiger partial charge in [-0.1, -0.05) is 31.5 Å². The molecule has 7 heteroatoms. The summed E-state index contributed by atoms with van der Waals surface area (Å²) in [5.41, 5.74) is 0.970. The second-order valence-electron chi connectivity index (χ2n) is 4.88. The van der Waals surface area contributed by atoms with Gasteiger partial charge in [0.1, 0.15) is 6.04 Å². The number of carbonyl (C=O) groups excluding carboxylic acids is 1. The summed E-state index contributed by atoms with van der Waals surface area (Å²) < 4.78 is 30.7. The fraction of sp³-hybridized carbons (Fsp3) is 0.417. The van der Waals surface area contributed by atoms with Gasteiger partial charge in [-0.3, -0.25) is 4.79 Å². The number of nitrogens with zero attached hydrogens (tertiary/aromatic N) is 1. The van der Waals surface area contributed by atoms with Crippen LogP contribution >= 0.6 is 0 Å². The average molecular weight is 280 g/mol. The standard InChI is InChI=1S/C12H15BNO4S/c1-8(2)11-12(15)18-13-14(11)19(16,17)10-6-4-9(3)5-7-10/h4-8,11H,1-3H3/t11-/m1/s1. The van der Waals surface area contributed by atoms with Gasteiger partial charge >= 0.3 is 13.6 Å². The van der Waals surface area contributed by atoms with Crippen LogP contribution in [0.25, 0.3) is 0 Å². The van der Waals surface area contributed by atoms with Crippen LogP contribution in [0.15, 0.2) is 29.2 Å². The normalized spacial score (nSPS) is 20.4. The zero-order valence-electron chi connectivity index (χ0n) is 11.0. The maximum atomic E-state index is 12.5. The van der Waals surface area contributed by atoms with Crippen LogP contribution in [0.2, 0.25) is 0 Å². The monoisotopic (exact) mass is 280 g/mol. The molecular weight excluding hydrogens is 265 g/mol. The highest BCUT2D eigenvalue weighted by Gasteiger charge is 2.45. The van der Waals surface area contributed by atoms with E-state index in [-0.39, 0.29) is 10.8 Å². The van der Waals surface area contributed by atoms with Gasteiger partial charge in [0.05, 0.1) is 4.90 Å². The van der Waals surface area contributed by atoms with E-state index < -0.39 is 22.0 Å². The molecule has 1 radical (unpaired) electrons. The van der Waals surface area contributed by atoms with Crippen molar-refractivity contribution in [3.05, 3.63) is 29.8 Å². The molecule has 0 bridgehead atoms. The molecule has 1 saturated heterocycles. The maximum Gasteiger partial charge on any atom is 0.498 e. The molecule has 0 unspecified atom stereocenters. The molecule has 0 saturated carbocycles. The molecule has 1 atom stereocenters. The van der Waals surface area contributed by atoms with E-state index in [9.17, 15) is 13.2 Å². The second-order valence-corrected chi connectivity index (χ2v) is 6.72. The largest absolute Gasteiger partial charge is 0.520 e. The van der Waals surface area contributed by atoms with E-state index in [1.165, 1.54) is 12.1 Å². The molecule has 1 aromatic carbocycles. The topological polar surface area (TPSA) is 63.7 Å². The van der Waals surface area contributed by atoms with Crippen molar-refractivity contribution in [3.8, 4) is 0 Å². The van der Waals surface area contributed by atoms with Crippen LogP contribution in [0.4, 0.5) is 0 Å². The van der Waals surface area contributed by atoms with E-state index in [1.807, 2.05) is 6.92 Å². The predicted molar refractivity (Wildman–Crippen MR) is 70.7 cm³/mol. The van der Waals surface area contributed by atoms with Crippen LogP contribution in [0, 0.1) is 12.8 Å². The molecule has 1 heterocycles. The molecule has 1 aromatic rings. The number of aryl methyl sites for hydroxylation is 1. The molecule has 101 valence electrons. The zero-order chi connectivity index (χ0) is 14.2. The first-order valence-electron chi connectivity index (χ1n) is 5.98. The lowest BCUT2D eigenvalue weighted by atomic mass is 10.0. The molecule has 0 amide bonds. The lowest BCUT2D eigenvalue weighted by Crippen LogP contribution is -2.42. The Morgan fingerprint density at radius 3 is 2.37 bits per heavy atom. The van der Waals surface area contributed by atoms with Crippen molar-refractivity contribution in [2.24, 2.45) is 5.92 Å². The lowest BCUT2D eigenvalue weighted by Gasteiger charge is -2.22. The van der Waals surface area contributed by atoms with Crippen LogP contribution in [0.1, 0.15) is 19.4 Å². The molecular formula is C12H15BNO4S. The zero-order valence-corrected chi connectivity index (χ0v) is 11.8. The maximum absolute atomic E-state index is 12.5. The van der Waals surface area contributed by atoms with Crippen LogP contribution < -0.4 is 0 Å². The number of hydrogen-bond donors (Lipinski definition) is 0. The van der Waals surface area contributed by atoms with Gasteiger partial charge in [0.15, 0.2) is 0 Å². The summed E-state index contributed by atoms with van der Waals surface area (Å²) in [5, 5.41) is 0. The SMILES string of the molecule is Cc1ccc(S(=O)(=O)N2[B]OC(=O)[C@H]2C(C)C)cc1. The molecule has 1 aliphatic heterocycles. The fourth-order valence-electron chi connectivity index (χ4n) is 1.95. The highest BCUT2D eigenvalue weighted by Crippen LogP contribution is 2.25. The summed E-state index contributed by atoms with van der Waals surface area (Å²) in [7, 11) is -2.76. The van der Waals surface area contributed by atoms with Crippen molar-refractivity contribution in [3.63, 3.8) is 0 Å². The second kappa shape index (κ2) is 4.98. The Morgan fingerprint density at radius 2 is 1.84 bits per heavy atom. The summed E-state index contributed by atoms with van der Waals surface area (Å²) in [6.07, 6.45) is 0. The minimum absolute atomic E-state index is 0.151. The van der Waals surface area contributed by atoms with Gasteiger partial charge in [-0.2, -0.15) is 4.22 Å². The molecule has 1 fully saturated rings. The minimum atomic E-state index is -3.75. The number of hydrogen-bond acceptors (Lipinski definition) is 4. The van der Waals surface area contributed by atoms with E-state index in [4.69, 9.17) is 4.65 Å². The van der Waals surface area contributed by atoms with Crippen LogP contribution in [-0.2, 0) is 19.5 Å². The Morgan fingerprint density at radius 1 is 1.26 bits per heavy atom. The van der Waals surface area contributed by atoms with Crippen molar-refractivity contribution in [2.75, 3.05) is 0 Å². The first-order chi connectivity index (χ1) is 8.84. The Labute approximate surface area is 113 Å². The third kappa shape index (κ3) is 2.53. The van der Waals surface area contributed by atoms with Gasteiger partial charge in [0.2, 0.25) is 10.0 Å². The summed E-state index contributed by atoms with van der Waals surface area (Å²) >= 11 is 0. The summed E-state index contributed by atoms with van der Waals surface area (Å²) in [4.78, 5) is 11.7. The number of sulfonamides is 1. The van der Waals surface area contributed by atoms with Crippen LogP contribution in [-0.4, -0.2) is 32.3 Å². The number of carbonyl (C=O) groups is 1. The van der Waals surface area contributed by atoms with Gasteiger partial charge in [0.25, 0.3) is 0 Å². The molecule has 5 nitrogen and oxygen atoms in total. The van der Waals surface area contributed by atoms with Crippen molar-refractivity contribution in [1.82, 2.24) is 4.22 Å². The molecule has 0 aromatic heterocycles. The van der Waals surface area contributed by atoms with Crippen molar-refractivity contribution in [2.45, 2.75) is 31.7 Å². The lowest BCUT2D eigenvalue weighted by molar-refractivity contribution is -0.135. The predicted octanol–water partition coefficient (Wildman–Crippen LogP) is 1.10.